The average molecular weight is 350 g/mol. The topological polar surface area (TPSA) is 50.8 Å². The van der Waals surface area contributed by atoms with Crippen molar-refractivity contribution < 1.29 is 27.4 Å². The number of ether oxygens (including phenoxy) is 2. The fourth-order valence-electron chi connectivity index (χ4n) is 3.80. The van der Waals surface area contributed by atoms with Crippen LogP contribution in [-0.4, -0.2) is 61.2 Å². The number of halogens is 3. The fourth-order valence-corrected chi connectivity index (χ4v) is 3.80. The minimum atomic E-state index is -4.28. The second-order valence-corrected chi connectivity index (χ2v) is 8.56. The highest BCUT2D eigenvalue weighted by Crippen LogP contribution is 2.52. The summed E-state index contributed by atoms with van der Waals surface area (Å²) in [4.78, 5) is 13.6. The third kappa shape index (κ3) is 3.22. The molecule has 5 nitrogen and oxygen atoms in total. The summed E-state index contributed by atoms with van der Waals surface area (Å²) in [6.45, 7) is 6.50. The zero-order valence-corrected chi connectivity index (χ0v) is 14.3. The minimum absolute atomic E-state index is 0.0881. The first-order chi connectivity index (χ1) is 10.9. The molecular weight excluding hydrogens is 325 g/mol. The molecule has 1 spiro atoms. The molecule has 3 rings (SSSR count). The molecule has 1 N–H and O–H groups in total. The monoisotopic (exact) mass is 350 g/mol. The SMILES string of the molecule is CC(C)(C)OC(=O)N1CC2(CC(CNC3(C(F)(F)F)COC3)C2)C1. The van der Waals surface area contributed by atoms with E-state index in [-0.39, 0.29) is 30.6 Å². The maximum absolute atomic E-state index is 13.0. The largest absolute Gasteiger partial charge is 0.444 e. The Morgan fingerprint density at radius 2 is 1.83 bits per heavy atom. The molecule has 138 valence electrons. The Morgan fingerprint density at radius 3 is 2.25 bits per heavy atom. The second kappa shape index (κ2) is 5.49. The Labute approximate surface area is 139 Å². The number of carbonyl (C=O) groups is 1. The highest BCUT2D eigenvalue weighted by atomic mass is 19.4. The molecule has 2 heterocycles. The summed E-state index contributed by atoms with van der Waals surface area (Å²) < 4.78 is 49.2. The van der Waals surface area contributed by atoms with Gasteiger partial charge in [0.15, 0.2) is 5.54 Å². The molecule has 8 heteroatoms. The van der Waals surface area contributed by atoms with Crippen LogP contribution in [0.15, 0.2) is 0 Å². The summed E-state index contributed by atoms with van der Waals surface area (Å²) >= 11 is 0. The van der Waals surface area contributed by atoms with E-state index in [4.69, 9.17) is 9.47 Å². The van der Waals surface area contributed by atoms with Crippen LogP contribution in [0.5, 0.6) is 0 Å². The van der Waals surface area contributed by atoms with Crippen molar-refractivity contribution in [3.63, 3.8) is 0 Å². The molecule has 0 aromatic rings. The number of alkyl halides is 3. The van der Waals surface area contributed by atoms with Gasteiger partial charge in [-0.3, -0.25) is 5.32 Å². The number of rotatable bonds is 3. The first kappa shape index (κ1) is 17.8. The third-order valence-corrected chi connectivity index (χ3v) is 5.12. The average Bonchev–Trinajstić information content (AvgIpc) is 2.22. The van der Waals surface area contributed by atoms with Gasteiger partial charge in [0.1, 0.15) is 5.60 Å². The van der Waals surface area contributed by atoms with E-state index >= 15 is 0 Å². The van der Waals surface area contributed by atoms with Crippen LogP contribution >= 0.6 is 0 Å². The van der Waals surface area contributed by atoms with Crippen molar-refractivity contribution in [2.45, 2.75) is 50.9 Å². The first-order valence-electron chi connectivity index (χ1n) is 8.31. The Bertz CT molecular complexity index is 498. The molecule has 0 unspecified atom stereocenters. The predicted molar refractivity (Wildman–Crippen MR) is 80.6 cm³/mol. The van der Waals surface area contributed by atoms with E-state index in [1.165, 1.54) is 0 Å². The quantitative estimate of drug-likeness (QED) is 0.850. The van der Waals surface area contributed by atoms with Crippen molar-refractivity contribution in [3.05, 3.63) is 0 Å². The minimum Gasteiger partial charge on any atom is -0.444 e. The molecule has 24 heavy (non-hydrogen) atoms. The molecule has 1 aliphatic carbocycles. The number of nitrogens with one attached hydrogen (secondary N) is 1. The molecule has 0 aromatic heterocycles. The zero-order valence-electron chi connectivity index (χ0n) is 14.3. The van der Waals surface area contributed by atoms with Crippen LogP contribution in [0.25, 0.3) is 0 Å². The number of carbonyl (C=O) groups excluding carboxylic acids is 1. The molecular formula is C16H25F3N2O3. The van der Waals surface area contributed by atoms with Gasteiger partial charge < -0.3 is 14.4 Å². The van der Waals surface area contributed by atoms with Gasteiger partial charge in [0, 0.05) is 18.5 Å². The molecule has 0 radical (unpaired) electrons. The van der Waals surface area contributed by atoms with Crippen LogP contribution in [0.2, 0.25) is 0 Å². The van der Waals surface area contributed by atoms with Gasteiger partial charge in [-0.05, 0) is 46.1 Å². The Morgan fingerprint density at radius 1 is 1.25 bits per heavy atom. The summed E-state index contributed by atoms with van der Waals surface area (Å²) in [6.07, 6.45) is -2.88. The Kier molecular flexibility index (Phi) is 4.07. The number of hydrogen-bond acceptors (Lipinski definition) is 4. The van der Waals surface area contributed by atoms with Crippen molar-refractivity contribution in [1.82, 2.24) is 10.2 Å². The van der Waals surface area contributed by atoms with Gasteiger partial charge in [0.25, 0.3) is 0 Å². The van der Waals surface area contributed by atoms with Gasteiger partial charge in [0.05, 0.1) is 13.2 Å². The Hall–Kier alpha value is -1.02. The first-order valence-corrected chi connectivity index (χ1v) is 8.31. The van der Waals surface area contributed by atoms with Crippen molar-refractivity contribution in [2.24, 2.45) is 11.3 Å². The smallest absolute Gasteiger partial charge is 0.411 e. The lowest BCUT2D eigenvalue weighted by Crippen LogP contribution is -2.71. The highest BCUT2D eigenvalue weighted by molar-refractivity contribution is 5.69. The van der Waals surface area contributed by atoms with E-state index in [1.807, 2.05) is 20.8 Å². The molecule has 0 atom stereocenters. The van der Waals surface area contributed by atoms with Gasteiger partial charge in [0.2, 0.25) is 0 Å². The van der Waals surface area contributed by atoms with Crippen molar-refractivity contribution in [1.29, 1.82) is 0 Å². The van der Waals surface area contributed by atoms with Crippen LogP contribution in [0.4, 0.5) is 18.0 Å². The summed E-state index contributed by atoms with van der Waals surface area (Å²) in [5.41, 5.74) is -2.29. The lowest BCUT2D eigenvalue weighted by Gasteiger charge is -2.59. The van der Waals surface area contributed by atoms with E-state index in [1.54, 1.807) is 4.90 Å². The summed E-state index contributed by atoms with van der Waals surface area (Å²) in [5, 5.41) is 2.67. The van der Waals surface area contributed by atoms with E-state index in [0.717, 1.165) is 12.8 Å². The van der Waals surface area contributed by atoms with Crippen molar-refractivity contribution >= 4 is 6.09 Å². The lowest BCUT2D eigenvalue weighted by atomic mass is 9.57. The molecule has 3 aliphatic rings. The molecule has 2 saturated heterocycles. The van der Waals surface area contributed by atoms with Crippen LogP contribution < -0.4 is 5.32 Å². The van der Waals surface area contributed by atoms with Crippen LogP contribution in [-0.2, 0) is 9.47 Å². The molecule has 1 saturated carbocycles. The maximum atomic E-state index is 13.0. The third-order valence-electron chi connectivity index (χ3n) is 5.12. The van der Waals surface area contributed by atoms with Crippen molar-refractivity contribution in [3.8, 4) is 0 Å². The zero-order chi connectivity index (χ0) is 17.8. The Balaban J connectivity index is 1.39. The van der Waals surface area contributed by atoms with Gasteiger partial charge in [-0.15, -0.1) is 0 Å². The summed E-state index contributed by atoms with van der Waals surface area (Å²) in [5.74, 6) is 0.227. The lowest BCUT2D eigenvalue weighted by molar-refractivity contribution is -0.269. The predicted octanol–water partition coefficient (Wildman–Crippen LogP) is 2.55. The van der Waals surface area contributed by atoms with Crippen LogP contribution in [0.3, 0.4) is 0 Å². The van der Waals surface area contributed by atoms with Crippen LogP contribution in [0.1, 0.15) is 33.6 Å². The summed E-state index contributed by atoms with van der Waals surface area (Å²) in [6, 6.07) is 0. The summed E-state index contributed by atoms with van der Waals surface area (Å²) in [7, 11) is 0. The van der Waals surface area contributed by atoms with E-state index in [0.29, 0.717) is 19.6 Å². The van der Waals surface area contributed by atoms with Crippen LogP contribution in [0, 0.1) is 11.3 Å². The van der Waals surface area contributed by atoms with E-state index in [9.17, 15) is 18.0 Å². The van der Waals surface area contributed by atoms with E-state index < -0.39 is 17.3 Å². The molecule has 0 aromatic carbocycles. The normalized spacial score (nSPS) is 25.7. The molecule has 0 bridgehead atoms. The van der Waals surface area contributed by atoms with Gasteiger partial charge in [-0.25, -0.2) is 4.79 Å². The fraction of sp³-hybridized carbons (Fsp3) is 0.938. The molecule has 3 fully saturated rings. The molecule has 1 amide bonds. The van der Waals surface area contributed by atoms with Gasteiger partial charge >= 0.3 is 12.3 Å². The van der Waals surface area contributed by atoms with Gasteiger partial charge in [-0.1, -0.05) is 0 Å². The van der Waals surface area contributed by atoms with Gasteiger partial charge in [-0.2, -0.15) is 13.2 Å². The molecule has 2 aliphatic heterocycles. The van der Waals surface area contributed by atoms with E-state index in [2.05, 4.69) is 5.32 Å². The maximum Gasteiger partial charge on any atom is 0.411 e. The number of likely N-dealkylation sites (tertiary alicyclic amines) is 1. The highest BCUT2D eigenvalue weighted by Gasteiger charge is 2.61. The number of nitrogens with zero attached hydrogens (tertiary/aromatic N) is 1. The number of hydrogen-bond donors (Lipinski definition) is 1. The second-order valence-electron chi connectivity index (χ2n) is 8.56. The van der Waals surface area contributed by atoms with Crippen molar-refractivity contribution in [2.75, 3.05) is 32.8 Å². The standard InChI is InChI=1S/C16H25F3N2O3/c1-13(2,3)24-12(22)21-7-14(8-21)4-11(5-14)6-20-15(9-23-10-15)16(17,18)19/h11,20H,4-10H2,1-3H3. The number of amides is 1.